The van der Waals surface area contributed by atoms with Crippen molar-refractivity contribution in [3.05, 3.63) is 83.4 Å². The van der Waals surface area contributed by atoms with E-state index in [1.807, 2.05) is 78.6 Å². The lowest BCUT2D eigenvalue weighted by Crippen LogP contribution is -2.37. The molecule has 0 aliphatic carbocycles. The first-order chi connectivity index (χ1) is 17.8. The summed E-state index contributed by atoms with van der Waals surface area (Å²) in [4.78, 5) is 33.1. The van der Waals surface area contributed by atoms with Crippen LogP contribution < -0.4 is 9.64 Å². The fourth-order valence-corrected chi connectivity index (χ4v) is 5.61. The van der Waals surface area contributed by atoms with Gasteiger partial charge in [0.1, 0.15) is 5.75 Å². The number of fused-ring (bicyclic) bond motifs is 2. The Hall–Kier alpha value is -3.25. The average molecular weight is 517 g/mol. The van der Waals surface area contributed by atoms with Crippen LogP contribution in [0.15, 0.2) is 76.5 Å². The summed E-state index contributed by atoms with van der Waals surface area (Å²) in [5.74, 6) is 1.47. The average Bonchev–Trinajstić information content (AvgIpc) is 2.98. The Morgan fingerprint density at radius 3 is 2.24 bits per heavy atom. The van der Waals surface area contributed by atoms with E-state index in [1.54, 1.807) is 16.7 Å². The second-order valence-corrected chi connectivity index (χ2v) is 11.3. The molecular weight excluding hydrogens is 480 g/mol. The first kappa shape index (κ1) is 26.8. The van der Waals surface area contributed by atoms with Gasteiger partial charge >= 0.3 is 0 Å². The summed E-state index contributed by atoms with van der Waals surface area (Å²) in [7, 11) is 0. The Bertz CT molecular complexity index is 1240. The zero-order valence-electron chi connectivity index (χ0n) is 22.4. The van der Waals surface area contributed by atoms with Crippen LogP contribution in [-0.4, -0.2) is 36.4 Å². The molecule has 0 atom stereocenters. The third-order valence-electron chi connectivity index (χ3n) is 6.11. The maximum Gasteiger partial charge on any atom is 0.259 e. The van der Waals surface area contributed by atoms with Gasteiger partial charge in [-0.3, -0.25) is 9.59 Å². The number of hydrogen-bond acceptors (Lipinski definition) is 4. The van der Waals surface area contributed by atoms with Crippen molar-refractivity contribution in [3.8, 4) is 5.75 Å². The largest absolute Gasteiger partial charge is 0.494 e. The molecule has 0 fully saturated rings. The molecule has 5 nitrogen and oxygen atoms in total. The van der Waals surface area contributed by atoms with Gasteiger partial charge in [0.05, 0.1) is 24.4 Å². The molecule has 4 rings (SSSR count). The maximum absolute atomic E-state index is 13.9. The summed E-state index contributed by atoms with van der Waals surface area (Å²) < 4.78 is 5.59. The molecule has 0 aromatic heterocycles. The third kappa shape index (κ3) is 6.37. The number of carbonyl (C=O) groups is 2. The van der Waals surface area contributed by atoms with E-state index in [9.17, 15) is 9.59 Å². The molecule has 0 bridgehead atoms. The highest BCUT2D eigenvalue weighted by Crippen LogP contribution is 2.42. The van der Waals surface area contributed by atoms with Crippen molar-refractivity contribution >= 4 is 29.3 Å². The minimum atomic E-state index is -0.0680. The van der Waals surface area contributed by atoms with Crippen LogP contribution in [0.25, 0.3) is 0 Å². The molecule has 0 spiro atoms. The van der Waals surface area contributed by atoms with Crippen LogP contribution in [0.3, 0.4) is 0 Å². The van der Waals surface area contributed by atoms with E-state index < -0.39 is 0 Å². The molecule has 0 saturated heterocycles. The van der Waals surface area contributed by atoms with E-state index in [-0.39, 0.29) is 11.8 Å². The minimum absolute atomic E-state index is 0.00503. The number of hydrogen-bond donors (Lipinski definition) is 0. The maximum atomic E-state index is 13.9. The van der Waals surface area contributed by atoms with Crippen molar-refractivity contribution < 1.29 is 14.3 Å². The van der Waals surface area contributed by atoms with E-state index in [2.05, 4.69) is 27.7 Å². The Labute approximate surface area is 224 Å². The van der Waals surface area contributed by atoms with E-state index >= 15 is 0 Å². The molecule has 1 aliphatic rings. The zero-order valence-corrected chi connectivity index (χ0v) is 23.2. The van der Waals surface area contributed by atoms with Crippen molar-refractivity contribution in [2.24, 2.45) is 11.8 Å². The first-order valence-corrected chi connectivity index (χ1v) is 13.8. The van der Waals surface area contributed by atoms with Crippen LogP contribution in [0.4, 0.5) is 5.69 Å². The summed E-state index contributed by atoms with van der Waals surface area (Å²) in [6.45, 7) is 12.9. The standard InChI is InChI=1S/C31H36N2O3S/c1-6-36-25-14-11-23(12-15-25)20-33-27-17-24(30(34)32(18-21(2)3)19-22(4)5)13-16-29(27)37-28-10-8-7-9-26(28)31(33)35/h7-17,21-22H,6,18-20H2,1-5H3. The molecule has 3 aromatic rings. The van der Waals surface area contributed by atoms with Crippen LogP contribution in [0, 0.1) is 11.8 Å². The van der Waals surface area contributed by atoms with Crippen molar-refractivity contribution in [2.75, 3.05) is 24.6 Å². The summed E-state index contributed by atoms with van der Waals surface area (Å²) in [5, 5.41) is 0. The summed E-state index contributed by atoms with van der Waals surface area (Å²) >= 11 is 1.57. The van der Waals surface area contributed by atoms with Gasteiger partial charge in [-0.15, -0.1) is 0 Å². The Morgan fingerprint density at radius 2 is 1.59 bits per heavy atom. The van der Waals surface area contributed by atoms with Crippen LogP contribution in [0.1, 0.15) is 60.9 Å². The molecule has 0 unspecified atom stereocenters. The molecule has 2 amide bonds. The van der Waals surface area contributed by atoms with Gasteiger partial charge < -0.3 is 14.5 Å². The summed E-state index contributed by atoms with van der Waals surface area (Å²) in [5.41, 5.74) is 3.03. The van der Waals surface area contributed by atoms with Crippen LogP contribution in [0.2, 0.25) is 0 Å². The van der Waals surface area contributed by atoms with Crippen LogP contribution in [0.5, 0.6) is 5.75 Å². The predicted octanol–water partition coefficient (Wildman–Crippen LogP) is 7.15. The zero-order chi connectivity index (χ0) is 26.5. The summed E-state index contributed by atoms with van der Waals surface area (Å²) in [6, 6.07) is 21.3. The number of benzene rings is 3. The van der Waals surface area contributed by atoms with E-state index in [1.165, 1.54) is 0 Å². The third-order valence-corrected chi connectivity index (χ3v) is 7.25. The van der Waals surface area contributed by atoms with Crippen molar-refractivity contribution in [1.29, 1.82) is 0 Å². The van der Waals surface area contributed by atoms with Gasteiger partial charge in [0.25, 0.3) is 11.8 Å². The van der Waals surface area contributed by atoms with Gasteiger partial charge in [0, 0.05) is 28.4 Å². The van der Waals surface area contributed by atoms with E-state index in [0.717, 1.165) is 26.8 Å². The van der Waals surface area contributed by atoms with Gasteiger partial charge in [0.15, 0.2) is 0 Å². The Morgan fingerprint density at radius 1 is 0.919 bits per heavy atom. The molecule has 3 aromatic carbocycles. The molecule has 6 heteroatoms. The molecule has 1 heterocycles. The first-order valence-electron chi connectivity index (χ1n) is 13.0. The number of rotatable bonds is 9. The molecule has 0 saturated carbocycles. The highest BCUT2D eigenvalue weighted by atomic mass is 32.2. The van der Waals surface area contributed by atoms with Gasteiger partial charge in [-0.05, 0) is 66.8 Å². The fraction of sp³-hybridized carbons (Fsp3) is 0.355. The van der Waals surface area contributed by atoms with Crippen molar-refractivity contribution in [3.63, 3.8) is 0 Å². The van der Waals surface area contributed by atoms with Crippen molar-refractivity contribution in [2.45, 2.75) is 51.0 Å². The van der Waals surface area contributed by atoms with E-state index in [4.69, 9.17) is 4.74 Å². The molecule has 194 valence electrons. The lowest BCUT2D eigenvalue weighted by atomic mass is 10.1. The number of ether oxygens (including phenoxy) is 1. The second kappa shape index (κ2) is 11.9. The highest BCUT2D eigenvalue weighted by Gasteiger charge is 2.29. The summed E-state index contributed by atoms with van der Waals surface area (Å²) in [6.07, 6.45) is 0. The number of nitrogens with zero attached hydrogens (tertiary/aromatic N) is 2. The van der Waals surface area contributed by atoms with Crippen LogP contribution in [-0.2, 0) is 6.54 Å². The second-order valence-electron chi connectivity index (χ2n) is 10.2. The topological polar surface area (TPSA) is 49.9 Å². The Balaban J connectivity index is 1.74. The number of anilines is 1. The predicted molar refractivity (Wildman–Crippen MR) is 151 cm³/mol. The van der Waals surface area contributed by atoms with Gasteiger partial charge in [-0.2, -0.15) is 0 Å². The number of carbonyl (C=O) groups excluding carboxylic acids is 2. The highest BCUT2D eigenvalue weighted by molar-refractivity contribution is 7.99. The van der Waals surface area contributed by atoms with Crippen molar-refractivity contribution in [1.82, 2.24) is 4.90 Å². The lowest BCUT2D eigenvalue weighted by molar-refractivity contribution is 0.0714. The molecular formula is C31H36N2O3S. The van der Waals surface area contributed by atoms with Gasteiger partial charge in [0.2, 0.25) is 0 Å². The monoisotopic (exact) mass is 516 g/mol. The fourth-order valence-electron chi connectivity index (χ4n) is 4.56. The molecule has 0 N–H and O–H groups in total. The molecule has 1 aliphatic heterocycles. The minimum Gasteiger partial charge on any atom is -0.494 e. The smallest absolute Gasteiger partial charge is 0.259 e. The number of amides is 2. The van der Waals surface area contributed by atoms with Crippen LogP contribution >= 0.6 is 11.8 Å². The van der Waals surface area contributed by atoms with Gasteiger partial charge in [-0.25, -0.2) is 0 Å². The lowest BCUT2D eigenvalue weighted by Gasteiger charge is -2.28. The SMILES string of the molecule is CCOc1ccc(CN2C(=O)c3ccccc3Sc3ccc(C(=O)N(CC(C)C)CC(C)C)cc32)cc1. The van der Waals surface area contributed by atoms with Gasteiger partial charge in [-0.1, -0.05) is 63.7 Å². The molecule has 37 heavy (non-hydrogen) atoms. The quantitative estimate of drug-likeness (QED) is 0.303. The normalized spacial score (nSPS) is 12.8. The molecule has 0 radical (unpaired) electrons. The van der Waals surface area contributed by atoms with E-state index in [0.29, 0.717) is 49.2 Å². The Kier molecular flexibility index (Phi) is 8.59.